The van der Waals surface area contributed by atoms with Crippen LogP contribution >= 0.6 is 27.7 Å². The van der Waals surface area contributed by atoms with Gasteiger partial charge in [0, 0.05) is 17.3 Å². The van der Waals surface area contributed by atoms with Crippen LogP contribution in [-0.4, -0.2) is 27.1 Å². The molecule has 3 rings (SSSR count). The lowest BCUT2D eigenvalue weighted by Gasteiger charge is -2.07. The van der Waals surface area contributed by atoms with Crippen LogP contribution in [0.15, 0.2) is 58.2 Å². The van der Waals surface area contributed by atoms with Crippen LogP contribution < -0.4 is 4.74 Å². The Labute approximate surface area is 152 Å². The van der Waals surface area contributed by atoms with Crippen LogP contribution in [0.5, 0.6) is 5.75 Å². The zero-order chi connectivity index (χ0) is 16.9. The predicted molar refractivity (Wildman–Crippen MR) is 96.8 cm³/mol. The topological polar surface area (TPSA) is 39.9 Å². The largest absolute Gasteiger partial charge is 0.493 e. The fourth-order valence-electron chi connectivity index (χ4n) is 2.17. The smallest absolute Gasteiger partial charge is 0.191 e. The summed E-state index contributed by atoms with van der Waals surface area (Å²) in [5, 5.41) is 8.97. The monoisotopic (exact) mass is 407 g/mol. The molecule has 3 aromatic rings. The second kappa shape index (κ2) is 7.81. The highest BCUT2D eigenvalue weighted by Gasteiger charge is 2.14. The molecule has 1 heterocycles. The third-order valence-electron chi connectivity index (χ3n) is 3.33. The summed E-state index contributed by atoms with van der Waals surface area (Å²) in [4.78, 5) is 0. The number of thioether (sulfide) groups is 1. The molecular formula is C17H15BrFN3OS. The number of hydrogen-bond donors (Lipinski definition) is 0. The van der Waals surface area contributed by atoms with Crippen molar-refractivity contribution in [3.8, 4) is 17.1 Å². The van der Waals surface area contributed by atoms with Crippen molar-refractivity contribution in [2.45, 2.75) is 5.16 Å². The Morgan fingerprint density at radius 2 is 2.00 bits per heavy atom. The summed E-state index contributed by atoms with van der Waals surface area (Å²) in [6.07, 6.45) is 0. The molecule has 4 nitrogen and oxygen atoms in total. The highest BCUT2D eigenvalue weighted by atomic mass is 79.9. The average molecular weight is 408 g/mol. The van der Waals surface area contributed by atoms with E-state index in [9.17, 15) is 4.39 Å². The minimum absolute atomic E-state index is 0.303. The Morgan fingerprint density at radius 3 is 2.79 bits per heavy atom. The van der Waals surface area contributed by atoms with E-state index in [0.717, 1.165) is 21.1 Å². The lowest BCUT2D eigenvalue weighted by atomic mass is 10.2. The van der Waals surface area contributed by atoms with Crippen molar-refractivity contribution in [2.75, 3.05) is 12.4 Å². The van der Waals surface area contributed by atoms with Crippen molar-refractivity contribution < 1.29 is 9.13 Å². The molecule has 0 saturated heterocycles. The Hall–Kier alpha value is -1.86. The summed E-state index contributed by atoms with van der Waals surface area (Å²) in [7, 11) is 1.83. The number of rotatable bonds is 6. The van der Waals surface area contributed by atoms with E-state index in [1.165, 1.54) is 17.8 Å². The summed E-state index contributed by atoms with van der Waals surface area (Å²) in [6.45, 7) is 0.545. The lowest BCUT2D eigenvalue weighted by Crippen LogP contribution is -2.02. The molecule has 0 spiro atoms. The van der Waals surface area contributed by atoms with Gasteiger partial charge in [0.15, 0.2) is 11.0 Å². The summed E-state index contributed by atoms with van der Waals surface area (Å²) >= 11 is 4.93. The minimum atomic E-state index is -0.303. The van der Waals surface area contributed by atoms with Crippen molar-refractivity contribution in [3.63, 3.8) is 0 Å². The van der Waals surface area contributed by atoms with E-state index in [1.807, 2.05) is 31.3 Å². The molecule has 0 bridgehead atoms. The van der Waals surface area contributed by atoms with E-state index >= 15 is 0 Å². The van der Waals surface area contributed by atoms with Gasteiger partial charge in [0.2, 0.25) is 0 Å². The Balaban J connectivity index is 1.60. The maximum Gasteiger partial charge on any atom is 0.191 e. The fraction of sp³-hybridized carbons (Fsp3) is 0.176. The summed E-state index contributed by atoms with van der Waals surface area (Å²) in [5.74, 6) is 1.75. The zero-order valence-corrected chi connectivity index (χ0v) is 15.3. The van der Waals surface area contributed by atoms with Crippen LogP contribution in [0.1, 0.15) is 0 Å². The molecule has 0 unspecified atom stereocenters. The van der Waals surface area contributed by atoms with Gasteiger partial charge in [-0.05, 0) is 30.3 Å². The summed E-state index contributed by atoms with van der Waals surface area (Å²) < 4.78 is 22.3. The van der Waals surface area contributed by atoms with Crippen molar-refractivity contribution in [3.05, 3.63) is 58.8 Å². The van der Waals surface area contributed by atoms with E-state index < -0.39 is 0 Å². The van der Waals surface area contributed by atoms with E-state index in [-0.39, 0.29) is 5.82 Å². The van der Waals surface area contributed by atoms with Gasteiger partial charge in [-0.15, -0.1) is 10.2 Å². The minimum Gasteiger partial charge on any atom is -0.493 e. The van der Waals surface area contributed by atoms with E-state index in [1.54, 1.807) is 22.8 Å². The van der Waals surface area contributed by atoms with Gasteiger partial charge < -0.3 is 9.30 Å². The number of aromatic nitrogens is 3. The van der Waals surface area contributed by atoms with Gasteiger partial charge in [-0.2, -0.15) is 0 Å². The zero-order valence-electron chi connectivity index (χ0n) is 12.9. The normalized spacial score (nSPS) is 10.8. The van der Waals surface area contributed by atoms with Crippen LogP contribution in [0, 0.1) is 5.82 Å². The predicted octanol–water partition coefficient (Wildman–Crippen LogP) is 4.55. The van der Waals surface area contributed by atoms with Gasteiger partial charge in [0.25, 0.3) is 0 Å². The first-order valence-corrected chi connectivity index (χ1v) is 9.08. The first kappa shape index (κ1) is 17.0. The standard InChI is InChI=1S/C17H15BrFN3OS/c1-22-16(14-7-2-3-8-15(14)19)20-21-17(22)24-10-9-23-13-6-4-5-12(18)11-13/h2-8,11H,9-10H2,1H3. The maximum atomic E-state index is 13.9. The van der Waals surface area contributed by atoms with E-state index in [4.69, 9.17) is 4.74 Å². The molecule has 7 heteroatoms. The molecule has 0 radical (unpaired) electrons. The van der Waals surface area contributed by atoms with E-state index in [0.29, 0.717) is 18.0 Å². The van der Waals surface area contributed by atoms with Gasteiger partial charge in [-0.1, -0.05) is 45.9 Å². The third-order valence-corrected chi connectivity index (χ3v) is 4.81. The summed E-state index contributed by atoms with van der Waals surface area (Å²) in [6, 6.07) is 14.3. The molecule has 0 fully saturated rings. The molecule has 0 aliphatic rings. The number of hydrogen-bond acceptors (Lipinski definition) is 4. The lowest BCUT2D eigenvalue weighted by molar-refractivity contribution is 0.343. The van der Waals surface area contributed by atoms with Crippen molar-refractivity contribution in [2.24, 2.45) is 7.05 Å². The second-order valence-electron chi connectivity index (χ2n) is 5.00. The Morgan fingerprint density at radius 1 is 1.17 bits per heavy atom. The highest BCUT2D eigenvalue weighted by molar-refractivity contribution is 9.10. The summed E-state index contributed by atoms with van der Waals surface area (Å²) in [5.41, 5.74) is 0.449. The second-order valence-corrected chi connectivity index (χ2v) is 6.98. The number of nitrogens with zero attached hydrogens (tertiary/aromatic N) is 3. The van der Waals surface area contributed by atoms with Gasteiger partial charge >= 0.3 is 0 Å². The highest BCUT2D eigenvalue weighted by Crippen LogP contribution is 2.25. The third kappa shape index (κ3) is 3.96. The molecular weight excluding hydrogens is 393 g/mol. The SMILES string of the molecule is Cn1c(SCCOc2cccc(Br)c2)nnc1-c1ccccc1F. The molecule has 0 aliphatic heterocycles. The molecule has 0 amide bonds. The first-order chi connectivity index (χ1) is 11.6. The van der Waals surface area contributed by atoms with Crippen molar-refractivity contribution in [1.82, 2.24) is 14.8 Å². The molecule has 124 valence electrons. The molecule has 0 N–H and O–H groups in total. The van der Waals surface area contributed by atoms with Crippen LogP contribution in [0.2, 0.25) is 0 Å². The maximum absolute atomic E-state index is 13.9. The Kier molecular flexibility index (Phi) is 5.52. The molecule has 0 saturated carbocycles. The van der Waals surface area contributed by atoms with Crippen LogP contribution in [0.4, 0.5) is 4.39 Å². The number of benzene rings is 2. The molecule has 2 aromatic carbocycles. The number of ether oxygens (including phenoxy) is 1. The average Bonchev–Trinajstić information content (AvgIpc) is 2.93. The van der Waals surface area contributed by atoms with Crippen LogP contribution in [0.25, 0.3) is 11.4 Å². The first-order valence-electron chi connectivity index (χ1n) is 7.30. The molecule has 0 aliphatic carbocycles. The van der Waals surface area contributed by atoms with Gasteiger partial charge in [0.05, 0.1) is 12.2 Å². The van der Waals surface area contributed by atoms with Crippen molar-refractivity contribution >= 4 is 27.7 Å². The quantitative estimate of drug-likeness (QED) is 0.443. The Bertz CT molecular complexity index is 840. The molecule has 1 aromatic heterocycles. The molecule has 0 atom stereocenters. The number of halogens is 2. The van der Waals surface area contributed by atoms with Gasteiger partial charge in [-0.25, -0.2) is 4.39 Å². The van der Waals surface area contributed by atoms with Crippen molar-refractivity contribution in [1.29, 1.82) is 0 Å². The van der Waals surface area contributed by atoms with Gasteiger partial charge in [0.1, 0.15) is 11.6 Å². The van der Waals surface area contributed by atoms with Crippen LogP contribution in [-0.2, 0) is 7.05 Å². The van der Waals surface area contributed by atoms with Crippen LogP contribution in [0.3, 0.4) is 0 Å². The fourth-order valence-corrected chi connectivity index (χ4v) is 3.27. The van der Waals surface area contributed by atoms with E-state index in [2.05, 4.69) is 26.1 Å². The van der Waals surface area contributed by atoms with Gasteiger partial charge in [-0.3, -0.25) is 0 Å². The molecule has 24 heavy (non-hydrogen) atoms.